The molecule has 20 heavy (non-hydrogen) atoms. The fourth-order valence-corrected chi connectivity index (χ4v) is 3.50. The number of nitrogens with zero attached hydrogens (tertiary/aromatic N) is 2. The number of hydrogen-bond acceptors (Lipinski definition) is 4. The summed E-state index contributed by atoms with van der Waals surface area (Å²) in [6.45, 7) is 3.25. The van der Waals surface area contributed by atoms with E-state index in [9.17, 15) is 5.11 Å². The Hall–Kier alpha value is -0.620. The second-order valence-corrected chi connectivity index (χ2v) is 6.35. The van der Waals surface area contributed by atoms with E-state index in [0.717, 1.165) is 24.1 Å². The van der Waals surface area contributed by atoms with Gasteiger partial charge in [-0.1, -0.05) is 11.6 Å². The van der Waals surface area contributed by atoms with Crippen molar-refractivity contribution < 1.29 is 14.6 Å². The molecule has 1 aliphatic heterocycles. The number of rotatable bonds is 2. The molecule has 6 heteroatoms. The summed E-state index contributed by atoms with van der Waals surface area (Å²) >= 11 is 6.26. The van der Waals surface area contributed by atoms with Crippen LogP contribution >= 0.6 is 11.6 Å². The molecule has 3 rings (SSSR count). The van der Waals surface area contributed by atoms with Crippen LogP contribution in [0.25, 0.3) is 0 Å². The molecular weight excluding hydrogens is 280 g/mol. The summed E-state index contributed by atoms with van der Waals surface area (Å²) in [6.07, 6.45) is 3.35. The standard InChI is InChI=1S/C14H21ClN2O3/c1-10-11(12(15)17(2)16-10)9-13(18)3-5-14(6-4-13)19-7-8-20-14/h18H,3-9H2,1-2H3. The topological polar surface area (TPSA) is 56.5 Å². The first-order valence-electron chi connectivity index (χ1n) is 7.11. The molecule has 0 atom stereocenters. The van der Waals surface area contributed by atoms with Crippen molar-refractivity contribution in [2.45, 2.75) is 50.4 Å². The van der Waals surface area contributed by atoms with E-state index in [2.05, 4.69) is 5.10 Å². The van der Waals surface area contributed by atoms with Crippen LogP contribution in [-0.4, -0.2) is 39.5 Å². The number of ether oxygens (including phenoxy) is 2. The molecule has 0 unspecified atom stereocenters. The largest absolute Gasteiger partial charge is 0.390 e. The van der Waals surface area contributed by atoms with E-state index >= 15 is 0 Å². The van der Waals surface area contributed by atoms with Gasteiger partial charge in [0.2, 0.25) is 0 Å². The first-order chi connectivity index (χ1) is 9.43. The first-order valence-corrected chi connectivity index (χ1v) is 7.49. The smallest absolute Gasteiger partial charge is 0.168 e. The SMILES string of the molecule is Cc1nn(C)c(Cl)c1CC1(O)CCC2(CC1)OCCO2. The van der Waals surface area contributed by atoms with Crippen LogP contribution in [-0.2, 0) is 22.9 Å². The van der Waals surface area contributed by atoms with Gasteiger partial charge in [-0.05, 0) is 19.8 Å². The van der Waals surface area contributed by atoms with Crippen molar-refractivity contribution in [1.29, 1.82) is 0 Å². The molecule has 5 nitrogen and oxygen atoms in total. The van der Waals surface area contributed by atoms with Gasteiger partial charge in [0.25, 0.3) is 0 Å². The van der Waals surface area contributed by atoms with E-state index in [-0.39, 0.29) is 0 Å². The molecule has 112 valence electrons. The van der Waals surface area contributed by atoms with Crippen LogP contribution in [0.2, 0.25) is 5.15 Å². The minimum atomic E-state index is -0.738. The summed E-state index contributed by atoms with van der Waals surface area (Å²) in [5, 5.41) is 15.7. The Labute approximate surface area is 123 Å². The van der Waals surface area contributed by atoms with Crippen LogP contribution in [0.5, 0.6) is 0 Å². The van der Waals surface area contributed by atoms with Crippen LogP contribution in [0.3, 0.4) is 0 Å². The maximum Gasteiger partial charge on any atom is 0.168 e. The number of halogens is 1. The lowest BCUT2D eigenvalue weighted by Gasteiger charge is -2.40. The number of aryl methyl sites for hydroxylation is 2. The molecule has 1 N–H and O–H groups in total. The molecule has 2 aliphatic rings. The predicted octanol–water partition coefficient (Wildman–Crippen LogP) is 1.97. The number of hydrogen-bond donors (Lipinski definition) is 1. The average Bonchev–Trinajstić information content (AvgIpc) is 2.96. The Bertz CT molecular complexity index is 499. The van der Waals surface area contributed by atoms with E-state index in [4.69, 9.17) is 21.1 Å². The van der Waals surface area contributed by atoms with Crippen molar-refractivity contribution in [2.24, 2.45) is 7.05 Å². The molecule has 2 heterocycles. The van der Waals surface area contributed by atoms with Gasteiger partial charge in [-0.2, -0.15) is 5.10 Å². The zero-order valence-corrected chi connectivity index (χ0v) is 12.7. The molecule has 2 fully saturated rings. The molecule has 1 saturated carbocycles. The Morgan fingerprint density at radius 1 is 1.25 bits per heavy atom. The zero-order valence-electron chi connectivity index (χ0n) is 12.0. The summed E-state index contributed by atoms with van der Waals surface area (Å²) in [4.78, 5) is 0. The lowest BCUT2D eigenvalue weighted by molar-refractivity contribution is -0.202. The molecule has 1 spiro atoms. The van der Waals surface area contributed by atoms with Gasteiger partial charge in [-0.3, -0.25) is 4.68 Å². The van der Waals surface area contributed by atoms with Crippen molar-refractivity contribution in [3.8, 4) is 0 Å². The molecule has 1 aromatic heterocycles. The maximum atomic E-state index is 10.8. The fraction of sp³-hybridized carbons (Fsp3) is 0.786. The minimum absolute atomic E-state index is 0.444. The lowest BCUT2D eigenvalue weighted by Crippen LogP contribution is -2.44. The summed E-state index contributed by atoms with van der Waals surface area (Å²) in [6, 6.07) is 0. The first kappa shape index (κ1) is 14.3. The highest BCUT2D eigenvalue weighted by atomic mass is 35.5. The highest BCUT2D eigenvalue weighted by Crippen LogP contribution is 2.42. The van der Waals surface area contributed by atoms with E-state index in [1.165, 1.54) is 0 Å². The second kappa shape index (κ2) is 4.98. The van der Waals surface area contributed by atoms with Gasteiger partial charge in [-0.15, -0.1) is 0 Å². The summed E-state index contributed by atoms with van der Waals surface area (Å²) in [5.74, 6) is -0.444. The van der Waals surface area contributed by atoms with Gasteiger partial charge in [0.15, 0.2) is 5.79 Å². The number of aliphatic hydroxyl groups is 1. The van der Waals surface area contributed by atoms with E-state index in [1.54, 1.807) is 4.68 Å². The highest BCUT2D eigenvalue weighted by Gasteiger charge is 2.45. The summed E-state index contributed by atoms with van der Waals surface area (Å²) < 4.78 is 13.1. The quantitative estimate of drug-likeness (QED) is 0.907. The normalized spacial score (nSPS) is 24.4. The van der Waals surface area contributed by atoms with Gasteiger partial charge < -0.3 is 14.6 Å². The van der Waals surface area contributed by atoms with Gasteiger partial charge in [0.1, 0.15) is 5.15 Å². The van der Waals surface area contributed by atoms with Crippen LogP contribution in [0.4, 0.5) is 0 Å². The highest BCUT2D eigenvalue weighted by molar-refractivity contribution is 6.30. The summed E-state index contributed by atoms with van der Waals surface area (Å²) in [5.41, 5.74) is 1.10. The maximum absolute atomic E-state index is 10.8. The third-order valence-corrected chi connectivity index (χ3v) is 5.00. The van der Waals surface area contributed by atoms with Crippen molar-refractivity contribution >= 4 is 11.6 Å². The Balaban J connectivity index is 1.71. The third-order valence-electron chi connectivity index (χ3n) is 4.53. The third kappa shape index (κ3) is 2.48. The van der Waals surface area contributed by atoms with Crippen LogP contribution < -0.4 is 0 Å². The summed E-state index contributed by atoms with van der Waals surface area (Å²) in [7, 11) is 1.82. The van der Waals surface area contributed by atoms with Crippen molar-refractivity contribution in [3.05, 3.63) is 16.4 Å². The molecule has 0 amide bonds. The average molecular weight is 301 g/mol. The van der Waals surface area contributed by atoms with Crippen LogP contribution in [0.1, 0.15) is 36.9 Å². The Kier molecular flexibility index (Phi) is 3.57. The van der Waals surface area contributed by atoms with Crippen molar-refractivity contribution in [1.82, 2.24) is 9.78 Å². The molecule has 1 aliphatic carbocycles. The van der Waals surface area contributed by atoms with Gasteiger partial charge >= 0.3 is 0 Å². The fourth-order valence-electron chi connectivity index (χ4n) is 3.26. The molecule has 0 radical (unpaired) electrons. The Morgan fingerprint density at radius 3 is 2.35 bits per heavy atom. The lowest BCUT2D eigenvalue weighted by atomic mass is 9.78. The molecule has 1 saturated heterocycles. The Morgan fingerprint density at radius 2 is 1.85 bits per heavy atom. The van der Waals surface area contributed by atoms with Crippen molar-refractivity contribution in [2.75, 3.05) is 13.2 Å². The second-order valence-electron chi connectivity index (χ2n) is 5.99. The molecule has 0 aromatic carbocycles. The van der Waals surface area contributed by atoms with Crippen LogP contribution in [0, 0.1) is 6.92 Å². The van der Waals surface area contributed by atoms with Crippen LogP contribution in [0.15, 0.2) is 0 Å². The molecule has 0 bridgehead atoms. The predicted molar refractivity (Wildman–Crippen MR) is 74.7 cm³/mol. The van der Waals surface area contributed by atoms with Gasteiger partial charge in [0.05, 0.1) is 24.5 Å². The van der Waals surface area contributed by atoms with E-state index < -0.39 is 11.4 Å². The minimum Gasteiger partial charge on any atom is -0.390 e. The monoisotopic (exact) mass is 300 g/mol. The van der Waals surface area contributed by atoms with E-state index in [0.29, 0.717) is 37.6 Å². The number of aromatic nitrogens is 2. The van der Waals surface area contributed by atoms with E-state index in [1.807, 2.05) is 14.0 Å². The van der Waals surface area contributed by atoms with Crippen molar-refractivity contribution in [3.63, 3.8) is 0 Å². The zero-order chi connectivity index (χ0) is 14.4. The molecule has 1 aromatic rings. The molecular formula is C14H21ClN2O3. The van der Waals surface area contributed by atoms with Gasteiger partial charge in [-0.25, -0.2) is 0 Å². The van der Waals surface area contributed by atoms with Gasteiger partial charge in [0, 0.05) is 31.9 Å².